The van der Waals surface area contributed by atoms with Crippen molar-refractivity contribution in [2.75, 3.05) is 47.5 Å². The smallest absolute Gasteiger partial charge is 0.249 e. The number of nitrogens with zero attached hydrogens (tertiary/aromatic N) is 2. The van der Waals surface area contributed by atoms with Crippen molar-refractivity contribution >= 4 is 45.8 Å². The van der Waals surface area contributed by atoms with E-state index in [1.54, 1.807) is 21.3 Å². The van der Waals surface area contributed by atoms with Gasteiger partial charge in [0.15, 0.2) is 11.5 Å². The van der Waals surface area contributed by atoms with Crippen LogP contribution in [0, 0.1) is 0 Å². The van der Waals surface area contributed by atoms with E-state index in [4.69, 9.17) is 14.2 Å². The molecule has 0 atom stereocenters. The molecule has 1 saturated heterocycles. The van der Waals surface area contributed by atoms with Crippen molar-refractivity contribution < 1.29 is 19.0 Å². The lowest BCUT2D eigenvalue weighted by Crippen LogP contribution is -2.48. The molecule has 8 heteroatoms. The number of hydrogen-bond donors (Lipinski definition) is 0. The molecule has 0 N–H and O–H groups in total. The van der Waals surface area contributed by atoms with E-state index < -0.39 is 0 Å². The van der Waals surface area contributed by atoms with Crippen molar-refractivity contribution in [3.8, 4) is 17.2 Å². The average Bonchev–Trinajstić information content (AvgIpc) is 3.26. The van der Waals surface area contributed by atoms with E-state index in [-0.39, 0.29) is 18.3 Å². The minimum atomic E-state index is 0. The second-order valence-corrected chi connectivity index (χ2v) is 9.84. The van der Waals surface area contributed by atoms with E-state index in [1.165, 1.54) is 20.5 Å². The van der Waals surface area contributed by atoms with E-state index in [9.17, 15) is 4.79 Å². The predicted molar refractivity (Wildman–Crippen MR) is 143 cm³/mol. The quantitative estimate of drug-likeness (QED) is 0.462. The van der Waals surface area contributed by atoms with Gasteiger partial charge < -0.3 is 19.1 Å². The molecule has 1 fully saturated rings. The van der Waals surface area contributed by atoms with E-state index in [0.717, 1.165) is 56.7 Å². The Labute approximate surface area is 216 Å². The Morgan fingerprint density at radius 1 is 0.943 bits per heavy atom. The number of aryl methyl sites for hydroxylation is 1. The molecule has 2 aliphatic rings. The normalized spacial score (nSPS) is 15.7. The third-order valence-corrected chi connectivity index (χ3v) is 7.96. The van der Waals surface area contributed by atoms with Crippen molar-refractivity contribution in [1.82, 2.24) is 9.80 Å². The first-order valence-corrected chi connectivity index (χ1v) is 12.4. The van der Waals surface area contributed by atoms with Gasteiger partial charge in [-0.25, -0.2) is 0 Å². The molecule has 0 radical (unpaired) electrons. The number of rotatable bonds is 6. The molecular weight excluding hydrogens is 484 g/mol. The highest BCUT2D eigenvalue weighted by molar-refractivity contribution is 7.19. The first kappa shape index (κ1) is 25.4. The van der Waals surface area contributed by atoms with E-state index in [2.05, 4.69) is 35.2 Å². The number of piperazine rings is 1. The van der Waals surface area contributed by atoms with E-state index in [1.807, 2.05) is 28.4 Å². The molecule has 6 nitrogen and oxygen atoms in total. The van der Waals surface area contributed by atoms with Gasteiger partial charge in [-0.3, -0.25) is 9.69 Å². The summed E-state index contributed by atoms with van der Waals surface area (Å²) in [7, 11) is 4.88. The van der Waals surface area contributed by atoms with E-state index in [0.29, 0.717) is 17.2 Å². The van der Waals surface area contributed by atoms with Gasteiger partial charge in [-0.1, -0.05) is 18.2 Å². The number of amides is 1. The summed E-state index contributed by atoms with van der Waals surface area (Å²) >= 11 is 1.86. The fourth-order valence-corrected chi connectivity index (χ4v) is 6.10. The fourth-order valence-electron chi connectivity index (χ4n) is 4.92. The largest absolute Gasteiger partial charge is 0.493 e. The molecule has 0 spiro atoms. The molecule has 1 aromatic heterocycles. The molecule has 1 aliphatic heterocycles. The second-order valence-electron chi connectivity index (χ2n) is 8.71. The zero-order valence-corrected chi connectivity index (χ0v) is 22.0. The number of hydrogen-bond acceptors (Lipinski definition) is 6. The summed E-state index contributed by atoms with van der Waals surface area (Å²) in [5, 5.41) is 1.27. The Morgan fingerprint density at radius 2 is 1.63 bits per heavy atom. The highest BCUT2D eigenvalue weighted by Gasteiger charge is 2.27. The zero-order valence-electron chi connectivity index (χ0n) is 20.3. The molecule has 1 amide bonds. The van der Waals surface area contributed by atoms with Gasteiger partial charge in [0, 0.05) is 47.9 Å². The van der Waals surface area contributed by atoms with Crippen LogP contribution in [0.25, 0.3) is 16.2 Å². The van der Waals surface area contributed by atoms with Crippen molar-refractivity contribution in [3.63, 3.8) is 0 Å². The van der Waals surface area contributed by atoms with Crippen molar-refractivity contribution in [2.24, 2.45) is 0 Å². The summed E-state index contributed by atoms with van der Waals surface area (Å²) in [4.78, 5) is 19.1. The van der Waals surface area contributed by atoms with Gasteiger partial charge in [-0.2, -0.15) is 0 Å². The number of thiophene rings is 1. The number of benzene rings is 2. The number of carbonyl (C=O) groups excluding carboxylic acids is 1. The van der Waals surface area contributed by atoms with Crippen LogP contribution in [0.2, 0.25) is 0 Å². The molecule has 3 aromatic rings. The SMILES string of the molecule is COc1cc(CN2CCN(C(=O)C3=Cc4c(sc5ccccc45)CC3)CC2)cc(OC)c1OC.Cl. The highest BCUT2D eigenvalue weighted by atomic mass is 35.5. The molecule has 35 heavy (non-hydrogen) atoms. The summed E-state index contributed by atoms with van der Waals surface area (Å²) in [6, 6.07) is 12.5. The monoisotopic (exact) mass is 514 g/mol. The maximum atomic E-state index is 13.3. The van der Waals surface area contributed by atoms with Gasteiger partial charge in [-0.15, -0.1) is 23.7 Å². The summed E-state index contributed by atoms with van der Waals surface area (Å²) in [6.07, 6.45) is 3.92. The Kier molecular flexibility index (Phi) is 7.89. The third kappa shape index (κ3) is 4.99. The van der Waals surface area contributed by atoms with Gasteiger partial charge in [0.05, 0.1) is 21.3 Å². The molecule has 0 saturated carbocycles. The van der Waals surface area contributed by atoms with Crippen LogP contribution in [0.5, 0.6) is 17.2 Å². The lowest BCUT2D eigenvalue weighted by atomic mass is 9.95. The zero-order chi connectivity index (χ0) is 23.7. The van der Waals surface area contributed by atoms with Crippen LogP contribution in [-0.4, -0.2) is 63.2 Å². The number of fused-ring (bicyclic) bond motifs is 3. The van der Waals surface area contributed by atoms with Gasteiger partial charge >= 0.3 is 0 Å². The maximum absolute atomic E-state index is 13.3. The van der Waals surface area contributed by atoms with Gasteiger partial charge in [0.2, 0.25) is 11.7 Å². The topological polar surface area (TPSA) is 51.2 Å². The first-order valence-electron chi connectivity index (χ1n) is 11.6. The molecule has 2 heterocycles. The Bertz CT molecular complexity index is 1220. The fraction of sp³-hybridized carbons (Fsp3) is 0.370. The molecule has 1 aliphatic carbocycles. The summed E-state index contributed by atoms with van der Waals surface area (Å²) in [5.74, 6) is 2.12. The first-order chi connectivity index (χ1) is 16.6. The number of carbonyl (C=O) groups is 1. The van der Waals surface area contributed by atoms with Crippen LogP contribution in [0.15, 0.2) is 42.0 Å². The highest BCUT2D eigenvalue weighted by Crippen LogP contribution is 2.39. The standard InChI is InChI=1S/C27H30N2O4S.ClH/c1-31-22-14-18(15-23(32-2)26(22)33-3)17-28-10-12-29(13-11-28)27(30)19-8-9-25-21(16-19)20-6-4-5-7-24(20)34-25;/h4-7,14-16H,8-13,17H2,1-3H3;1H. The lowest BCUT2D eigenvalue weighted by molar-refractivity contribution is -0.129. The van der Waals surface area contributed by atoms with Gasteiger partial charge in [0.1, 0.15) is 0 Å². The molecule has 0 bridgehead atoms. The van der Waals surface area contributed by atoms with Crippen LogP contribution in [0.1, 0.15) is 22.4 Å². The second kappa shape index (κ2) is 10.9. The minimum Gasteiger partial charge on any atom is -0.493 e. The average molecular weight is 515 g/mol. The minimum absolute atomic E-state index is 0. The van der Waals surface area contributed by atoms with Crippen LogP contribution in [0.3, 0.4) is 0 Å². The lowest BCUT2D eigenvalue weighted by Gasteiger charge is -2.35. The van der Waals surface area contributed by atoms with Crippen LogP contribution >= 0.6 is 23.7 Å². The number of methoxy groups -OCH3 is 3. The number of ether oxygens (including phenoxy) is 3. The molecule has 5 rings (SSSR count). The third-order valence-electron chi connectivity index (χ3n) is 6.72. The van der Waals surface area contributed by atoms with Crippen molar-refractivity contribution in [2.45, 2.75) is 19.4 Å². The molecule has 186 valence electrons. The predicted octanol–water partition coefficient (Wildman–Crippen LogP) is 5.02. The van der Waals surface area contributed by atoms with Crippen LogP contribution in [0.4, 0.5) is 0 Å². The summed E-state index contributed by atoms with van der Waals surface area (Å²) in [6.45, 7) is 3.91. The van der Waals surface area contributed by atoms with Gasteiger partial charge in [0.25, 0.3) is 0 Å². The summed E-state index contributed by atoms with van der Waals surface area (Å²) < 4.78 is 17.7. The Hall–Kier alpha value is -2.74. The molecule has 2 aromatic carbocycles. The van der Waals surface area contributed by atoms with Crippen LogP contribution < -0.4 is 14.2 Å². The number of halogens is 1. The van der Waals surface area contributed by atoms with Crippen LogP contribution in [-0.2, 0) is 17.8 Å². The summed E-state index contributed by atoms with van der Waals surface area (Å²) in [5.41, 5.74) is 3.28. The van der Waals surface area contributed by atoms with Crippen molar-refractivity contribution in [1.29, 1.82) is 0 Å². The molecular formula is C27H31ClN2O4S. The van der Waals surface area contributed by atoms with Crippen molar-refractivity contribution in [3.05, 3.63) is 58.0 Å². The Balaban J connectivity index is 0.00000289. The maximum Gasteiger partial charge on any atom is 0.249 e. The van der Waals surface area contributed by atoms with Gasteiger partial charge in [-0.05, 0) is 53.6 Å². The van der Waals surface area contributed by atoms with E-state index >= 15 is 0 Å². The molecule has 0 unspecified atom stereocenters. The Morgan fingerprint density at radius 3 is 2.29 bits per heavy atom.